The Bertz CT molecular complexity index is 671. The lowest BCUT2D eigenvalue weighted by Crippen LogP contribution is -2.11. The fourth-order valence-electron chi connectivity index (χ4n) is 1.95. The third-order valence-electron chi connectivity index (χ3n) is 2.72. The predicted octanol–water partition coefficient (Wildman–Crippen LogP) is 2.77. The zero-order valence-corrected chi connectivity index (χ0v) is 11.9. The van der Waals surface area contributed by atoms with Gasteiger partial charge in [0.15, 0.2) is 0 Å². The molecule has 1 heterocycles. The summed E-state index contributed by atoms with van der Waals surface area (Å²) in [6.07, 6.45) is 2.79. The SMILES string of the molecule is Cc1cc(C)c(OS(=O)(=O)c2cccnc2)c(C)c1. The summed E-state index contributed by atoms with van der Waals surface area (Å²) in [7, 11) is -3.83. The van der Waals surface area contributed by atoms with Crippen LogP contribution in [0, 0.1) is 20.8 Å². The van der Waals surface area contributed by atoms with Crippen LogP contribution >= 0.6 is 0 Å². The maximum atomic E-state index is 12.1. The van der Waals surface area contributed by atoms with Crippen molar-refractivity contribution < 1.29 is 12.6 Å². The van der Waals surface area contributed by atoms with Gasteiger partial charge in [-0.05, 0) is 44.0 Å². The molecule has 0 saturated carbocycles. The number of aromatic nitrogens is 1. The van der Waals surface area contributed by atoms with Gasteiger partial charge in [-0.3, -0.25) is 4.98 Å². The second-order valence-electron chi connectivity index (χ2n) is 4.45. The summed E-state index contributed by atoms with van der Waals surface area (Å²) in [5, 5.41) is 0. The Balaban J connectivity index is 2.42. The average molecular weight is 277 g/mol. The number of benzene rings is 1. The van der Waals surface area contributed by atoms with Crippen molar-refractivity contribution in [1.82, 2.24) is 4.98 Å². The summed E-state index contributed by atoms with van der Waals surface area (Å²) in [6, 6.07) is 6.80. The zero-order chi connectivity index (χ0) is 14.0. The Hall–Kier alpha value is -1.88. The first-order valence-corrected chi connectivity index (χ1v) is 7.23. The number of rotatable bonds is 3. The van der Waals surface area contributed by atoms with Crippen LogP contribution in [0.3, 0.4) is 0 Å². The molecule has 0 atom stereocenters. The first kappa shape index (κ1) is 13.5. The minimum Gasteiger partial charge on any atom is -0.378 e. The van der Waals surface area contributed by atoms with Crippen LogP contribution < -0.4 is 4.18 Å². The van der Waals surface area contributed by atoms with Gasteiger partial charge in [-0.15, -0.1) is 0 Å². The summed E-state index contributed by atoms with van der Waals surface area (Å²) >= 11 is 0. The van der Waals surface area contributed by atoms with E-state index >= 15 is 0 Å². The van der Waals surface area contributed by atoms with Crippen LogP contribution in [0.1, 0.15) is 16.7 Å². The van der Waals surface area contributed by atoms with E-state index in [4.69, 9.17) is 4.18 Å². The highest BCUT2D eigenvalue weighted by Crippen LogP contribution is 2.27. The first-order valence-electron chi connectivity index (χ1n) is 5.82. The zero-order valence-electron chi connectivity index (χ0n) is 11.0. The molecular weight excluding hydrogens is 262 g/mol. The predicted molar refractivity (Wildman–Crippen MR) is 72.7 cm³/mol. The van der Waals surface area contributed by atoms with Crippen molar-refractivity contribution in [3.05, 3.63) is 53.3 Å². The summed E-state index contributed by atoms with van der Waals surface area (Å²) in [5.41, 5.74) is 2.66. The van der Waals surface area contributed by atoms with Crippen molar-refractivity contribution in [1.29, 1.82) is 0 Å². The smallest absolute Gasteiger partial charge is 0.340 e. The van der Waals surface area contributed by atoms with Crippen molar-refractivity contribution in [3.8, 4) is 5.75 Å². The van der Waals surface area contributed by atoms with E-state index < -0.39 is 10.1 Å². The van der Waals surface area contributed by atoms with Crippen LogP contribution in [0.5, 0.6) is 5.75 Å². The van der Waals surface area contributed by atoms with E-state index in [9.17, 15) is 8.42 Å². The molecule has 0 unspecified atom stereocenters. The summed E-state index contributed by atoms with van der Waals surface area (Å²) < 4.78 is 29.5. The van der Waals surface area contributed by atoms with Gasteiger partial charge < -0.3 is 4.18 Å². The lowest BCUT2D eigenvalue weighted by Gasteiger charge is -2.12. The Morgan fingerprint density at radius 2 is 1.74 bits per heavy atom. The Morgan fingerprint density at radius 1 is 1.11 bits per heavy atom. The van der Waals surface area contributed by atoms with Gasteiger partial charge >= 0.3 is 10.1 Å². The van der Waals surface area contributed by atoms with Gasteiger partial charge in [0.25, 0.3) is 0 Å². The topological polar surface area (TPSA) is 56.3 Å². The molecule has 1 aromatic heterocycles. The van der Waals surface area contributed by atoms with E-state index in [1.165, 1.54) is 18.5 Å². The highest BCUT2D eigenvalue weighted by molar-refractivity contribution is 7.87. The Morgan fingerprint density at radius 3 is 2.26 bits per heavy atom. The molecule has 19 heavy (non-hydrogen) atoms. The van der Waals surface area contributed by atoms with Gasteiger partial charge in [0.2, 0.25) is 0 Å². The number of hydrogen-bond acceptors (Lipinski definition) is 4. The second kappa shape index (κ2) is 5.01. The van der Waals surface area contributed by atoms with Crippen molar-refractivity contribution in [2.45, 2.75) is 25.7 Å². The molecule has 0 spiro atoms. The molecule has 2 rings (SSSR count). The van der Waals surface area contributed by atoms with Crippen LogP contribution in [0.15, 0.2) is 41.6 Å². The molecule has 0 radical (unpaired) electrons. The van der Waals surface area contributed by atoms with E-state index in [0.29, 0.717) is 5.75 Å². The highest BCUT2D eigenvalue weighted by atomic mass is 32.2. The molecular formula is C14H15NO3S. The maximum absolute atomic E-state index is 12.1. The Kier molecular flexibility index (Phi) is 3.57. The first-order chi connectivity index (χ1) is 8.90. The molecule has 2 aromatic rings. The number of aryl methyl sites for hydroxylation is 3. The van der Waals surface area contributed by atoms with Gasteiger partial charge in [-0.25, -0.2) is 0 Å². The van der Waals surface area contributed by atoms with Crippen molar-refractivity contribution in [2.24, 2.45) is 0 Å². The van der Waals surface area contributed by atoms with E-state index in [0.717, 1.165) is 16.7 Å². The molecule has 0 N–H and O–H groups in total. The second-order valence-corrected chi connectivity index (χ2v) is 6.00. The molecule has 0 fully saturated rings. The summed E-state index contributed by atoms with van der Waals surface area (Å²) in [6.45, 7) is 5.61. The summed E-state index contributed by atoms with van der Waals surface area (Å²) in [5.74, 6) is 0.384. The van der Waals surface area contributed by atoms with Gasteiger partial charge in [0, 0.05) is 12.4 Å². The van der Waals surface area contributed by atoms with Crippen molar-refractivity contribution in [3.63, 3.8) is 0 Å². The number of hydrogen-bond donors (Lipinski definition) is 0. The molecule has 0 saturated heterocycles. The minimum atomic E-state index is -3.83. The number of nitrogens with zero attached hydrogens (tertiary/aromatic N) is 1. The fraction of sp³-hybridized carbons (Fsp3) is 0.214. The van der Waals surface area contributed by atoms with Crippen molar-refractivity contribution in [2.75, 3.05) is 0 Å². The molecule has 4 nitrogen and oxygen atoms in total. The normalized spacial score (nSPS) is 11.3. The van der Waals surface area contributed by atoms with E-state index in [1.54, 1.807) is 6.07 Å². The molecule has 100 valence electrons. The van der Waals surface area contributed by atoms with Crippen LogP contribution in [0.4, 0.5) is 0 Å². The lowest BCUT2D eigenvalue weighted by molar-refractivity contribution is 0.481. The third-order valence-corrected chi connectivity index (χ3v) is 3.93. The summed E-state index contributed by atoms with van der Waals surface area (Å²) in [4.78, 5) is 3.84. The third kappa shape index (κ3) is 2.93. The molecule has 1 aromatic carbocycles. The minimum absolute atomic E-state index is 0.0503. The molecule has 0 amide bonds. The fourth-order valence-corrected chi connectivity index (χ4v) is 2.96. The van der Waals surface area contributed by atoms with E-state index in [1.807, 2.05) is 32.9 Å². The van der Waals surface area contributed by atoms with E-state index in [-0.39, 0.29) is 4.90 Å². The van der Waals surface area contributed by atoms with E-state index in [2.05, 4.69) is 4.98 Å². The molecule has 0 aliphatic heterocycles. The number of pyridine rings is 1. The highest BCUT2D eigenvalue weighted by Gasteiger charge is 2.19. The van der Waals surface area contributed by atoms with Gasteiger partial charge in [-0.2, -0.15) is 8.42 Å². The van der Waals surface area contributed by atoms with Gasteiger partial charge in [0.05, 0.1) is 0 Å². The van der Waals surface area contributed by atoms with Gasteiger partial charge in [-0.1, -0.05) is 17.7 Å². The standard InChI is InChI=1S/C14H15NO3S/c1-10-7-11(2)14(12(3)8-10)18-19(16,17)13-5-4-6-15-9-13/h4-9H,1-3H3. The largest absolute Gasteiger partial charge is 0.378 e. The average Bonchev–Trinajstić information content (AvgIpc) is 2.35. The van der Waals surface area contributed by atoms with Crippen LogP contribution in [-0.4, -0.2) is 13.4 Å². The Labute approximate surface area is 113 Å². The van der Waals surface area contributed by atoms with Crippen LogP contribution in [0.25, 0.3) is 0 Å². The van der Waals surface area contributed by atoms with Crippen molar-refractivity contribution >= 4 is 10.1 Å². The molecule has 0 bridgehead atoms. The van der Waals surface area contributed by atoms with Crippen LogP contribution in [-0.2, 0) is 10.1 Å². The lowest BCUT2D eigenvalue weighted by atomic mass is 10.1. The quantitative estimate of drug-likeness (QED) is 0.809. The maximum Gasteiger partial charge on any atom is 0.340 e. The molecule has 0 aliphatic rings. The monoisotopic (exact) mass is 277 g/mol. The molecule has 5 heteroatoms. The van der Waals surface area contributed by atoms with Gasteiger partial charge in [0.1, 0.15) is 10.6 Å². The molecule has 0 aliphatic carbocycles. The van der Waals surface area contributed by atoms with Crippen LogP contribution in [0.2, 0.25) is 0 Å².